The molecule has 1 aliphatic carbocycles. The Labute approximate surface area is 74.9 Å². The average molecular weight is 169 g/mol. The fourth-order valence-electron chi connectivity index (χ4n) is 1.98. The number of Topliss-reactive ketones (excluding diaryl/α,β-unsaturated/α-hetero) is 1. The highest BCUT2D eigenvalue weighted by Crippen LogP contribution is 2.25. The lowest BCUT2D eigenvalue weighted by atomic mass is 9.81. The molecule has 2 heteroatoms. The number of hydrogen-bond donors (Lipinski definition) is 0. The summed E-state index contributed by atoms with van der Waals surface area (Å²) in [5.41, 5.74) is 0. The maximum atomic E-state index is 11.6. The van der Waals surface area contributed by atoms with Gasteiger partial charge < -0.3 is 4.90 Å². The number of rotatable bonds is 2. The summed E-state index contributed by atoms with van der Waals surface area (Å²) in [7, 11) is 4.07. The Morgan fingerprint density at radius 1 is 1.42 bits per heavy atom. The number of hydrogen-bond acceptors (Lipinski definition) is 2. The van der Waals surface area contributed by atoms with Gasteiger partial charge in [0.2, 0.25) is 0 Å². The maximum Gasteiger partial charge on any atom is 0.140 e. The van der Waals surface area contributed by atoms with Crippen LogP contribution in [0.3, 0.4) is 0 Å². The summed E-state index contributed by atoms with van der Waals surface area (Å²) in [5, 5.41) is 0. The van der Waals surface area contributed by atoms with Gasteiger partial charge >= 0.3 is 0 Å². The van der Waals surface area contributed by atoms with E-state index >= 15 is 0 Å². The van der Waals surface area contributed by atoms with Gasteiger partial charge in [0, 0.05) is 18.4 Å². The first-order chi connectivity index (χ1) is 5.61. The number of nitrogens with zero attached hydrogens (tertiary/aromatic N) is 1. The van der Waals surface area contributed by atoms with Crippen molar-refractivity contribution in [1.29, 1.82) is 0 Å². The number of ketones is 1. The molecule has 2 nitrogen and oxygen atoms in total. The van der Waals surface area contributed by atoms with Crippen LogP contribution in [0, 0.1) is 11.8 Å². The number of carbonyl (C=O) groups excluding carboxylic acids is 1. The lowest BCUT2D eigenvalue weighted by Gasteiger charge is -2.27. The van der Waals surface area contributed by atoms with Crippen molar-refractivity contribution in [2.24, 2.45) is 11.8 Å². The molecule has 1 fully saturated rings. The second-order valence-electron chi connectivity index (χ2n) is 4.19. The van der Waals surface area contributed by atoms with Crippen LogP contribution in [0.25, 0.3) is 0 Å². The molecule has 0 amide bonds. The Morgan fingerprint density at radius 2 is 2.08 bits per heavy atom. The molecule has 0 aromatic rings. The minimum Gasteiger partial charge on any atom is -0.309 e. The lowest BCUT2D eigenvalue weighted by Crippen LogP contribution is -2.34. The molecule has 2 atom stereocenters. The van der Waals surface area contributed by atoms with Gasteiger partial charge in [0.25, 0.3) is 0 Å². The predicted molar refractivity (Wildman–Crippen MR) is 50.1 cm³/mol. The van der Waals surface area contributed by atoms with Gasteiger partial charge in [0.1, 0.15) is 5.78 Å². The first-order valence-corrected chi connectivity index (χ1v) is 4.79. The highest BCUT2D eigenvalue weighted by molar-refractivity contribution is 5.83. The SMILES string of the molecule is C[C@H]1CCC[C@H](CN(C)C)C1=O. The van der Waals surface area contributed by atoms with E-state index in [0.717, 1.165) is 19.4 Å². The summed E-state index contributed by atoms with van der Waals surface area (Å²) in [6.07, 6.45) is 3.43. The molecule has 0 saturated heterocycles. The molecule has 0 aromatic heterocycles. The quantitative estimate of drug-likeness (QED) is 0.625. The van der Waals surface area contributed by atoms with E-state index in [1.54, 1.807) is 0 Å². The molecule has 70 valence electrons. The first kappa shape index (κ1) is 9.72. The van der Waals surface area contributed by atoms with E-state index in [1.807, 2.05) is 14.1 Å². The van der Waals surface area contributed by atoms with E-state index in [9.17, 15) is 4.79 Å². The zero-order chi connectivity index (χ0) is 9.14. The fraction of sp³-hybridized carbons (Fsp3) is 0.900. The van der Waals surface area contributed by atoms with Crippen LogP contribution in [0.15, 0.2) is 0 Å². The van der Waals surface area contributed by atoms with Gasteiger partial charge in [-0.15, -0.1) is 0 Å². The Bertz CT molecular complexity index is 165. The second-order valence-corrected chi connectivity index (χ2v) is 4.19. The molecule has 0 heterocycles. The molecular formula is C10H19NO. The molecule has 0 aliphatic heterocycles. The highest BCUT2D eigenvalue weighted by atomic mass is 16.1. The molecule has 1 aliphatic rings. The van der Waals surface area contributed by atoms with Gasteiger partial charge in [0.05, 0.1) is 0 Å². The molecule has 1 saturated carbocycles. The Kier molecular flexibility index (Phi) is 3.27. The third-order valence-corrected chi connectivity index (χ3v) is 2.66. The monoisotopic (exact) mass is 169 g/mol. The van der Waals surface area contributed by atoms with E-state index < -0.39 is 0 Å². The largest absolute Gasteiger partial charge is 0.309 e. The molecule has 1 rings (SSSR count). The summed E-state index contributed by atoms with van der Waals surface area (Å²) >= 11 is 0. The number of carbonyl (C=O) groups is 1. The van der Waals surface area contributed by atoms with E-state index in [2.05, 4.69) is 11.8 Å². The van der Waals surface area contributed by atoms with Crippen molar-refractivity contribution in [3.8, 4) is 0 Å². The van der Waals surface area contributed by atoms with Crippen molar-refractivity contribution in [3.05, 3.63) is 0 Å². The van der Waals surface area contributed by atoms with E-state index in [1.165, 1.54) is 6.42 Å². The van der Waals surface area contributed by atoms with Crippen LogP contribution in [-0.2, 0) is 4.79 Å². The summed E-state index contributed by atoms with van der Waals surface area (Å²) < 4.78 is 0. The molecule has 0 unspecified atom stereocenters. The van der Waals surface area contributed by atoms with Crippen molar-refractivity contribution in [2.45, 2.75) is 26.2 Å². The maximum absolute atomic E-state index is 11.6. The Morgan fingerprint density at radius 3 is 2.67 bits per heavy atom. The van der Waals surface area contributed by atoms with Crippen LogP contribution >= 0.6 is 0 Å². The van der Waals surface area contributed by atoms with E-state index in [0.29, 0.717) is 17.6 Å². The minimum atomic E-state index is 0.309. The third kappa shape index (κ3) is 2.31. The molecule has 0 N–H and O–H groups in total. The molecule has 0 bridgehead atoms. The van der Waals surface area contributed by atoms with Crippen LogP contribution in [0.5, 0.6) is 0 Å². The molecule has 12 heavy (non-hydrogen) atoms. The van der Waals surface area contributed by atoms with Gasteiger partial charge in [-0.25, -0.2) is 0 Å². The fourth-order valence-corrected chi connectivity index (χ4v) is 1.98. The van der Waals surface area contributed by atoms with Gasteiger partial charge in [-0.3, -0.25) is 4.79 Å². The highest BCUT2D eigenvalue weighted by Gasteiger charge is 2.27. The smallest absolute Gasteiger partial charge is 0.140 e. The molecular weight excluding hydrogens is 150 g/mol. The van der Waals surface area contributed by atoms with Gasteiger partial charge in [-0.1, -0.05) is 13.3 Å². The molecule has 0 aromatic carbocycles. The topological polar surface area (TPSA) is 20.3 Å². The summed E-state index contributed by atoms with van der Waals surface area (Å²) in [6.45, 7) is 2.99. The minimum absolute atomic E-state index is 0.309. The van der Waals surface area contributed by atoms with Crippen molar-refractivity contribution in [2.75, 3.05) is 20.6 Å². The van der Waals surface area contributed by atoms with Crippen molar-refractivity contribution in [1.82, 2.24) is 4.90 Å². The molecule has 0 spiro atoms. The van der Waals surface area contributed by atoms with Gasteiger partial charge in [0.15, 0.2) is 0 Å². The molecule has 0 radical (unpaired) electrons. The van der Waals surface area contributed by atoms with Crippen molar-refractivity contribution >= 4 is 5.78 Å². The average Bonchev–Trinajstić information content (AvgIpc) is 1.98. The zero-order valence-electron chi connectivity index (χ0n) is 8.34. The van der Waals surface area contributed by atoms with Crippen LogP contribution < -0.4 is 0 Å². The summed E-state index contributed by atoms with van der Waals surface area (Å²) in [4.78, 5) is 13.7. The van der Waals surface area contributed by atoms with Crippen molar-refractivity contribution in [3.63, 3.8) is 0 Å². The predicted octanol–water partition coefficient (Wildman–Crippen LogP) is 1.55. The Hall–Kier alpha value is -0.370. The Balaban J connectivity index is 2.46. The van der Waals surface area contributed by atoms with Crippen LogP contribution in [0.2, 0.25) is 0 Å². The van der Waals surface area contributed by atoms with E-state index in [-0.39, 0.29) is 0 Å². The van der Waals surface area contributed by atoms with Gasteiger partial charge in [-0.05, 0) is 26.9 Å². The summed E-state index contributed by atoms with van der Waals surface area (Å²) in [5.74, 6) is 1.10. The lowest BCUT2D eigenvalue weighted by molar-refractivity contribution is -0.129. The second kappa shape index (κ2) is 4.04. The van der Waals surface area contributed by atoms with Crippen LogP contribution in [0.4, 0.5) is 0 Å². The van der Waals surface area contributed by atoms with Crippen LogP contribution in [0.1, 0.15) is 26.2 Å². The first-order valence-electron chi connectivity index (χ1n) is 4.79. The summed E-state index contributed by atoms with van der Waals surface area (Å²) in [6, 6.07) is 0. The standard InChI is InChI=1S/C10H19NO/c1-8-5-4-6-9(10(8)12)7-11(2)3/h8-9H,4-7H2,1-3H3/t8-,9+/m0/s1. The normalized spacial score (nSPS) is 31.2. The van der Waals surface area contributed by atoms with E-state index in [4.69, 9.17) is 0 Å². The third-order valence-electron chi connectivity index (χ3n) is 2.66. The van der Waals surface area contributed by atoms with Gasteiger partial charge in [-0.2, -0.15) is 0 Å². The van der Waals surface area contributed by atoms with Crippen LogP contribution in [-0.4, -0.2) is 31.3 Å². The van der Waals surface area contributed by atoms with Crippen molar-refractivity contribution < 1.29 is 4.79 Å². The zero-order valence-corrected chi connectivity index (χ0v) is 8.34.